The first-order valence-corrected chi connectivity index (χ1v) is 9.28. The lowest BCUT2D eigenvalue weighted by Gasteiger charge is -2.42. The number of hydrogen-bond donors (Lipinski definition) is 1. The summed E-state index contributed by atoms with van der Waals surface area (Å²) in [7, 11) is 0. The van der Waals surface area contributed by atoms with E-state index in [0.717, 1.165) is 0 Å². The lowest BCUT2D eigenvalue weighted by Crippen LogP contribution is -2.46. The summed E-state index contributed by atoms with van der Waals surface area (Å²) in [4.78, 5) is 18.1. The molecule has 5 nitrogen and oxygen atoms in total. The molecule has 4 rings (SSSR count). The van der Waals surface area contributed by atoms with Crippen molar-refractivity contribution >= 4 is 22.5 Å². The SMILES string of the molecule is Cc1cc2c(N(C(N)=O)[C@@H]3CC(C)(C)Oc4cc(F)ccc43)c(F)ccc2cn1. The largest absolute Gasteiger partial charge is 0.487 e. The lowest BCUT2D eigenvalue weighted by molar-refractivity contribution is 0.0718. The van der Waals surface area contributed by atoms with Crippen molar-refractivity contribution in [3.63, 3.8) is 0 Å². The zero-order valence-corrected chi connectivity index (χ0v) is 16.4. The van der Waals surface area contributed by atoms with Gasteiger partial charge in [-0.05, 0) is 45.0 Å². The number of nitrogens with zero attached hydrogens (tertiary/aromatic N) is 2. The van der Waals surface area contributed by atoms with E-state index in [-0.39, 0.29) is 5.69 Å². The predicted molar refractivity (Wildman–Crippen MR) is 107 cm³/mol. The molecule has 3 aromatic rings. The molecule has 2 aromatic carbocycles. The Morgan fingerprint density at radius 1 is 1.24 bits per heavy atom. The van der Waals surface area contributed by atoms with Crippen LogP contribution in [0.5, 0.6) is 5.75 Å². The van der Waals surface area contributed by atoms with Gasteiger partial charge in [-0.2, -0.15) is 0 Å². The van der Waals surface area contributed by atoms with Crippen LogP contribution in [0.2, 0.25) is 0 Å². The fourth-order valence-electron chi connectivity index (χ4n) is 3.96. The second-order valence-electron chi connectivity index (χ2n) is 7.91. The van der Waals surface area contributed by atoms with Gasteiger partial charge in [0.1, 0.15) is 23.0 Å². The highest BCUT2D eigenvalue weighted by atomic mass is 19.1. The quantitative estimate of drug-likeness (QED) is 0.661. The summed E-state index contributed by atoms with van der Waals surface area (Å²) < 4.78 is 34.8. The van der Waals surface area contributed by atoms with Gasteiger partial charge in [0.25, 0.3) is 0 Å². The topological polar surface area (TPSA) is 68.5 Å². The maximum Gasteiger partial charge on any atom is 0.319 e. The van der Waals surface area contributed by atoms with Crippen LogP contribution in [0.25, 0.3) is 10.8 Å². The third-order valence-corrected chi connectivity index (χ3v) is 5.16. The maximum atomic E-state index is 15.1. The molecule has 1 aliphatic rings. The van der Waals surface area contributed by atoms with Crippen molar-refractivity contribution in [3.05, 3.63) is 65.5 Å². The minimum atomic E-state index is -0.802. The van der Waals surface area contributed by atoms with Crippen LogP contribution in [0.15, 0.2) is 42.6 Å². The fourth-order valence-corrected chi connectivity index (χ4v) is 3.96. The molecule has 0 unspecified atom stereocenters. The molecule has 0 aliphatic carbocycles. The maximum absolute atomic E-state index is 15.1. The Morgan fingerprint density at radius 3 is 2.72 bits per heavy atom. The lowest BCUT2D eigenvalue weighted by atomic mass is 9.88. The summed E-state index contributed by atoms with van der Waals surface area (Å²) in [6.45, 7) is 5.46. The summed E-state index contributed by atoms with van der Waals surface area (Å²) in [5, 5.41) is 1.22. The number of nitrogens with two attached hydrogens (primary N) is 1. The summed E-state index contributed by atoms with van der Waals surface area (Å²) in [6.07, 6.45) is 1.98. The van der Waals surface area contributed by atoms with Crippen LogP contribution in [-0.2, 0) is 0 Å². The number of halogens is 2. The number of carbonyl (C=O) groups is 1. The number of aryl methyl sites for hydroxylation is 1. The fraction of sp³-hybridized carbons (Fsp3) is 0.273. The van der Waals surface area contributed by atoms with Gasteiger partial charge in [0.05, 0.1) is 11.7 Å². The molecule has 0 radical (unpaired) electrons. The Labute approximate surface area is 167 Å². The number of primary amides is 1. The molecule has 0 fully saturated rings. The predicted octanol–water partition coefficient (Wildman–Crippen LogP) is 5.01. The molecule has 150 valence electrons. The van der Waals surface area contributed by atoms with Crippen molar-refractivity contribution < 1.29 is 18.3 Å². The second-order valence-corrected chi connectivity index (χ2v) is 7.91. The average molecular weight is 397 g/mol. The molecule has 1 aromatic heterocycles. The van der Waals surface area contributed by atoms with E-state index in [4.69, 9.17) is 10.5 Å². The van der Waals surface area contributed by atoms with Crippen LogP contribution in [0.3, 0.4) is 0 Å². The van der Waals surface area contributed by atoms with Crippen LogP contribution in [0.1, 0.15) is 37.6 Å². The Balaban J connectivity index is 1.98. The monoisotopic (exact) mass is 397 g/mol. The van der Waals surface area contributed by atoms with Crippen molar-refractivity contribution in [3.8, 4) is 5.75 Å². The Bertz CT molecular complexity index is 1130. The van der Waals surface area contributed by atoms with Gasteiger partial charge in [-0.15, -0.1) is 0 Å². The molecule has 0 saturated carbocycles. The number of rotatable bonds is 2. The van der Waals surface area contributed by atoms with Gasteiger partial charge in [-0.25, -0.2) is 13.6 Å². The van der Waals surface area contributed by atoms with E-state index in [1.165, 1.54) is 23.1 Å². The summed E-state index contributed by atoms with van der Waals surface area (Å²) in [5.74, 6) is -0.713. The van der Waals surface area contributed by atoms with E-state index >= 15 is 4.39 Å². The van der Waals surface area contributed by atoms with Crippen molar-refractivity contribution in [1.29, 1.82) is 0 Å². The zero-order valence-electron chi connectivity index (χ0n) is 16.4. The molecule has 1 atom stereocenters. The summed E-state index contributed by atoms with van der Waals surface area (Å²) in [5.41, 5.74) is 6.39. The molecule has 0 spiro atoms. The van der Waals surface area contributed by atoms with Gasteiger partial charge in [0.15, 0.2) is 0 Å². The minimum Gasteiger partial charge on any atom is -0.487 e. The van der Waals surface area contributed by atoms with E-state index in [0.29, 0.717) is 34.2 Å². The molecule has 0 saturated heterocycles. The molecule has 1 aliphatic heterocycles. The van der Waals surface area contributed by atoms with Crippen LogP contribution in [0, 0.1) is 18.6 Å². The Kier molecular flexibility index (Phi) is 4.41. The Morgan fingerprint density at radius 2 is 2.00 bits per heavy atom. The van der Waals surface area contributed by atoms with E-state index in [1.807, 2.05) is 13.8 Å². The van der Waals surface area contributed by atoms with Gasteiger partial charge in [-0.1, -0.05) is 6.07 Å². The standard InChI is InChI=1S/C22H21F2N3O2/c1-12-8-16-13(11-26-12)4-7-17(24)20(16)27(21(25)28)18-10-22(2,3)29-19-9-14(23)5-6-15(18)19/h4-9,11,18H,10H2,1-3H3,(H2,25,28)/t18-/m1/s1. The minimum absolute atomic E-state index is 0.0819. The number of aromatic nitrogens is 1. The van der Waals surface area contributed by atoms with Crippen molar-refractivity contribution in [2.45, 2.75) is 38.8 Å². The van der Waals surface area contributed by atoms with Crippen LogP contribution in [-0.4, -0.2) is 16.6 Å². The third-order valence-electron chi connectivity index (χ3n) is 5.16. The number of amides is 2. The van der Waals surface area contributed by atoms with Crippen molar-refractivity contribution in [2.75, 3.05) is 4.90 Å². The summed E-state index contributed by atoms with van der Waals surface area (Å²) in [6, 6.07) is 7.31. The van der Waals surface area contributed by atoms with Crippen molar-refractivity contribution in [2.24, 2.45) is 5.73 Å². The molecular weight excluding hydrogens is 376 g/mol. The molecular formula is C22H21F2N3O2. The first-order valence-electron chi connectivity index (χ1n) is 9.28. The third kappa shape index (κ3) is 3.37. The van der Waals surface area contributed by atoms with Gasteiger partial charge in [0, 0.05) is 40.7 Å². The van der Waals surface area contributed by atoms with Crippen LogP contribution in [0.4, 0.5) is 19.3 Å². The molecule has 2 heterocycles. The van der Waals surface area contributed by atoms with Gasteiger partial charge < -0.3 is 10.5 Å². The van der Waals surface area contributed by atoms with Crippen LogP contribution < -0.4 is 15.4 Å². The van der Waals surface area contributed by atoms with E-state index in [2.05, 4.69) is 4.98 Å². The number of pyridine rings is 1. The second kappa shape index (κ2) is 6.69. The molecule has 2 N–H and O–H groups in total. The number of benzene rings is 2. The number of fused-ring (bicyclic) bond motifs is 2. The van der Waals surface area contributed by atoms with Gasteiger partial charge in [-0.3, -0.25) is 9.88 Å². The molecule has 0 bridgehead atoms. The first-order chi connectivity index (χ1) is 13.7. The normalized spacial score (nSPS) is 17.5. The Hall–Kier alpha value is -3.22. The zero-order chi connectivity index (χ0) is 20.9. The van der Waals surface area contributed by atoms with Crippen LogP contribution >= 0.6 is 0 Å². The molecule has 29 heavy (non-hydrogen) atoms. The highest BCUT2D eigenvalue weighted by Crippen LogP contribution is 2.46. The first kappa shape index (κ1) is 19.1. The van der Waals surface area contributed by atoms with Gasteiger partial charge >= 0.3 is 6.03 Å². The van der Waals surface area contributed by atoms with E-state index in [9.17, 15) is 9.18 Å². The molecule has 2 amide bonds. The number of urea groups is 1. The van der Waals surface area contributed by atoms with Gasteiger partial charge in [0.2, 0.25) is 0 Å². The van der Waals surface area contributed by atoms with Crippen molar-refractivity contribution in [1.82, 2.24) is 4.98 Å². The van der Waals surface area contributed by atoms with E-state index in [1.54, 1.807) is 31.3 Å². The smallest absolute Gasteiger partial charge is 0.319 e. The highest BCUT2D eigenvalue weighted by molar-refractivity contribution is 6.03. The number of anilines is 1. The molecule has 7 heteroatoms. The average Bonchev–Trinajstić information content (AvgIpc) is 2.62. The number of hydrogen-bond acceptors (Lipinski definition) is 3. The highest BCUT2D eigenvalue weighted by Gasteiger charge is 2.40. The number of ether oxygens (including phenoxy) is 1. The van der Waals surface area contributed by atoms with E-state index < -0.39 is 29.3 Å². The summed E-state index contributed by atoms with van der Waals surface area (Å²) >= 11 is 0. The number of carbonyl (C=O) groups excluding carboxylic acids is 1.